The van der Waals surface area contributed by atoms with E-state index in [0.717, 1.165) is 12.1 Å². The Bertz CT molecular complexity index is 459. The van der Waals surface area contributed by atoms with E-state index in [1.807, 2.05) is 26.8 Å². The summed E-state index contributed by atoms with van der Waals surface area (Å²) >= 11 is 0. The van der Waals surface area contributed by atoms with Gasteiger partial charge in [-0.1, -0.05) is 13.8 Å². The largest absolute Gasteiger partial charge is 0.475 e. The number of hydrogen-bond donors (Lipinski definition) is 2. The first-order valence-corrected chi connectivity index (χ1v) is 6.83. The summed E-state index contributed by atoms with van der Waals surface area (Å²) in [5.74, 6) is 1.24. The van der Waals surface area contributed by atoms with E-state index in [9.17, 15) is 0 Å². The average Bonchev–Trinajstić information content (AvgIpc) is 2.26. The number of nitrogens with two attached hydrogens (primary N) is 1. The van der Waals surface area contributed by atoms with Crippen molar-refractivity contribution in [2.45, 2.75) is 59.2 Å². The van der Waals surface area contributed by atoms with Crippen LogP contribution in [-0.4, -0.2) is 28.2 Å². The molecule has 0 bridgehead atoms. The number of aryl methyl sites for hydroxylation is 1. The minimum absolute atomic E-state index is 0.0756. The molecule has 5 nitrogen and oxygen atoms in total. The molecule has 1 fully saturated rings. The second-order valence-electron chi connectivity index (χ2n) is 6.20. The van der Waals surface area contributed by atoms with Crippen LogP contribution in [-0.2, 0) is 0 Å². The van der Waals surface area contributed by atoms with Crippen LogP contribution in [0.3, 0.4) is 0 Å². The van der Waals surface area contributed by atoms with Crippen LogP contribution >= 0.6 is 0 Å². The SMILES string of the molecule is Cc1cc(OC(C)C)nc(NC2CC(N)C2(C)C)n1. The minimum atomic E-state index is 0.0756. The zero-order valence-corrected chi connectivity index (χ0v) is 12.4. The van der Waals surface area contributed by atoms with Crippen LogP contribution < -0.4 is 15.8 Å². The standard InChI is InChI=1S/C14H24N4O/c1-8(2)19-12-6-9(3)16-13(18-12)17-11-7-10(15)14(11,4)5/h6,8,10-11H,7,15H2,1-5H3,(H,16,17,18). The smallest absolute Gasteiger partial charge is 0.226 e. The fourth-order valence-corrected chi connectivity index (χ4v) is 2.27. The molecule has 0 saturated heterocycles. The van der Waals surface area contributed by atoms with Crippen LogP contribution in [0.25, 0.3) is 0 Å². The molecule has 19 heavy (non-hydrogen) atoms. The number of anilines is 1. The maximum absolute atomic E-state index is 6.02. The molecule has 2 atom stereocenters. The Hall–Kier alpha value is -1.36. The molecule has 2 unspecified atom stereocenters. The zero-order chi connectivity index (χ0) is 14.2. The van der Waals surface area contributed by atoms with Gasteiger partial charge >= 0.3 is 0 Å². The summed E-state index contributed by atoms with van der Waals surface area (Å²) in [6, 6.07) is 2.40. The van der Waals surface area contributed by atoms with E-state index < -0.39 is 0 Å². The van der Waals surface area contributed by atoms with E-state index in [2.05, 4.69) is 29.1 Å². The number of nitrogens with zero attached hydrogens (tertiary/aromatic N) is 2. The Morgan fingerprint density at radius 3 is 2.63 bits per heavy atom. The molecule has 1 aromatic heterocycles. The number of hydrogen-bond acceptors (Lipinski definition) is 5. The highest BCUT2D eigenvalue weighted by Crippen LogP contribution is 2.40. The molecular formula is C14H24N4O. The summed E-state index contributed by atoms with van der Waals surface area (Å²) in [5.41, 5.74) is 6.99. The second kappa shape index (κ2) is 4.96. The Kier molecular flexibility index (Phi) is 3.67. The molecule has 3 N–H and O–H groups in total. The number of nitrogens with one attached hydrogen (secondary N) is 1. The summed E-state index contributed by atoms with van der Waals surface area (Å²) in [5, 5.41) is 3.37. The molecular weight excluding hydrogens is 240 g/mol. The molecule has 1 aromatic rings. The number of aromatic nitrogens is 2. The summed E-state index contributed by atoms with van der Waals surface area (Å²) < 4.78 is 5.63. The Morgan fingerprint density at radius 2 is 2.11 bits per heavy atom. The van der Waals surface area contributed by atoms with Crippen molar-refractivity contribution in [3.63, 3.8) is 0 Å². The Balaban J connectivity index is 2.10. The Labute approximate surface area is 115 Å². The fourth-order valence-electron chi connectivity index (χ4n) is 2.27. The zero-order valence-electron chi connectivity index (χ0n) is 12.4. The topological polar surface area (TPSA) is 73.1 Å². The van der Waals surface area contributed by atoms with Gasteiger partial charge < -0.3 is 15.8 Å². The van der Waals surface area contributed by atoms with Crippen molar-refractivity contribution >= 4 is 5.95 Å². The molecule has 1 saturated carbocycles. The molecule has 0 aliphatic heterocycles. The molecule has 1 aliphatic rings. The summed E-state index contributed by atoms with van der Waals surface area (Å²) in [4.78, 5) is 8.81. The lowest BCUT2D eigenvalue weighted by Gasteiger charge is -2.50. The van der Waals surface area contributed by atoms with Crippen molar-refractivity contribution in [3.8, 4) is 5.88 Å². The predicted molar refractivity (Wildman–Crippen MR) is 76.3 cm³/mol. The summed E-state index contributed by atoms with van der Waals surface area (Å²) in [6.07, 6.45) is 1.06. The van der Waals surface area contributed by atoms with Gasteiger partial charge in [-0.3, -0.25) is 0 Å². The monoisotopic (exact) mass is 264 g/mol. The van der Waals surface area contributed by atoms with E-state index in [-0.39, 0.29) is 17.6 Å². The number of rotatable bonds is 4. The van der Waals surface area contributed by atoms with Crippen LogP contribution in [0.5, 0.6) is 5.88 Å². The molecule has 1 heterocycles. The first-order chi connectivity index (χ1) is 8.79. The molecule has 0 amide bonds. The van der Waals surface area contributed by atoms with Gasteiger partial charge in [-0.15, -0.1) is 0 Å². The summed E-state index contributed by atoms with van der Waals surface area (Å²) in [6.45, 7) is 10.2. The predicted octanol–water partition coefficient (Wildman–Crippen LogP) is 2.11. The molecule has 5 heteroatoms. The van der Waals surface area contributed by atoms with Crippen LogP contribution in [0.4, 0.5) is 5.95 Å². The third-order valence-corrected chi connectivity index (χ3v) is 3.83. The first kappa shape index (κ1) is 14.1. The van der Waals surface area contributed by atoms with E-state index in [0.29, 0.717) is 17.9 Å². The Morgan fingerprint density at radius 1 is 1.42 bits per heavy atom. The van der Waals surface area contributed by atoms with Gasteiger partial charge in [-0.25, -0.2) is 4.98 Å². The minimum Gasteiger partial charge on any atom is -0.475 e. The quantitative estimate of drug-likeness (QED) is 0.871. The number of ether oxygens (including phenoxy) is 1. The maximum atomic E-state index is 6.02. The van der Waals surface area contributed by atoms with Crippen LogP contribution in [0.1, 0.15) is 39.8 Å². The molecule has 1 aliphatic carbocycles. The van der Waals surface area contributed by atoms with Crippen LogP contribution in [0, 0.1) is 12.3 Å². The van der Waals surface area contributed by atoms with Crippen molar-refractivity contribution in [1.29, 1.82) is 0 Å². The maximum Gasteiger partial charge on any atom is 0.226 e. The lowest BCUT2D eigenvalue weighted by atomic mass is 9.63. The van der Waals surface area contributed by atoms with E-state index in [1.54, 1.807) is 0 Å². The summed E-state index contributed by atoms with van der Waals surface area (Å²) in [7, 11) is 0. The van der Waals surface area contributed by atoms with Gasteiger partial charge in [-0.2, -0.15) is 4.98 Å². The second-order valence-corrected chi connectivity index (χ2v) is 6.20. The molecule has 0 radical (unpaired) electrons. The molecule has 106 valence electrons. The third-order valence-electron chi connectivity index (χ3n) is 3.83. The van der Waals surface area contributed by atoms with Crippen molar-refractivity contribution in [3.05, 3.63) is 11.8 Å². The van der Waals surface area contributed by atoms with Gasteiger partial charge in [0.1, 0.15) is 0 Å². The average molecular weight is 264 g/mol. The lowest BCUT2D eigenvalue weighted by Crippen LogP contribution is -2.61. The highest BCUT2D eigenvalue weighted by molar-refractivity contribution is 5.34. The van der Waals surface area contributed by atoms with Crippen LogP contribution in [0.15, 0.2) is 6.07 Å². The van der Waals surface area contributed by atoms with Crippen molar-refractivity contribution in [2.24, 2.45) is 11.1 Å². The van der Waals surface area contributed by atoms with Gasteiger partial charge in [0.2, 0.25) is 11.8 Å². The fraction of sp³-hybridized carbons (Fsp3) is 0.714. The highest BCUT2D eigenvalue weighted by atomic mass is 16.5. The van der Waals surface area contributed by atoms with Gasteiger partial charge in [0.05, 0.1) is 6.10 Å². The van der Waals surface area contributed by atoms with Crippen molar-refractivity contribution in [1.82, 2.24) is 9.97 Å². The van der Waals surface area contributed by atoms with Gasteiger partial charge in [0.15, 0.2) is 0 Å². The van der Waals surface area contributed by atoms with E-state index >= 15 is 0 Å². The molecule has 2 rings (SSSR count). The normalized spacial score (nSPS) is 25.0. The van der Waals surface area contributed by atoms with Crippen molar-refractivity contribution < 1.29 is 4.74 Å². The highest BCUT2D eigenvalue weighted by Gasteiger charge is 2.46. The van der Waals surface area contributed by atoms with E-state index in [1.165, 1.54) is 0 Å². The first-order valence-electron chi connectivity index (χ1n) is 6.83. The molecule has 0 aromatic carbocycles. The van der Waals surface area contributed by atoms with E-state index in [4.69, 9.17) is 10.5 Å². The molecule has 0 spiro atoms. The van der Waals surface area contributed by atoms with Crippen molar-refractivity contribution in [2.75, 3.05) is 5.32 Å². The third kappa shape index (κ3) is 2.97. The van der Waals surface area contributed by atoms with Gasteiger partial charge in [-0.05, 0) is 27.2 Å². The lowest BCUT2D eigenvalue weighted by molar-refractivity contribution is 0.116. The van der Waals surface area contributed by atoms with Gasteiger partial charge in [0, 0.05) is 29.3 Å². The van der Waals surface area contributed by atoms with Crippen LogP contribution in [0.2, 0.25) is 0 Å². The van der Waals surface area contributed by atoms with Gasteiger partial charge in [0.25, 0.3) is 0 Å².